The van der Waals surface area contributed by atoms with Gasteiger partial charge in [-0.3, -0.25) is 9.59 Å². The van der Waals surface area contributed by atoms with Crippen LogP contribution in [-0.4, -0.2) is 29.8 Å². The van der Waals surface area contributed by atoms with Gasteiger partial charge in [-0.25, -0.2) is 0 Å². The lowest BCUT2D eigenvalue weighted by atomic mass is 9.84. The van der Waals surface area contributed by atoms with E-state index in [2.05, 4.69) is 5.32 Å². The van der Waals surface area contributed by atoms with Crippen LogP contribution in [0.1, 0.15) is 37.7 Å². The van der Waals surface area contributed by atoms with Crippen molar-refractivity contribution < 1.29 is 9.59 Å². The molecule has 2 amide bonds. The molecule has 1 aromatic rings. The fourth-order valence-corrected chi connectivity index (χ4v) is 3.24. The van der Waals surface area contributed by atoms with Gasteiger partial charge in [0.1, 0.15) is 0 Å². The van der Waals surface area contributed by atoms with Gasteiger partial charge in [-0.1, -0.05) is 36.8 Å². The lowest BCUT2D eigenvalue weighted by molar-refractivity contribution is -0.137. The molecule has 1 heterocycles. The number of rotatable bonds is 5. The summed E-state index contributed by atoms with van der Waals surface area (Å²) < 4.78 is 0. The Morgan fingerprint density at radius 1 is 1.14 bits per heavy atom. The van der Waals surface area contributed by atoms with Crippen LogP contribution in [0.3, 0.4) is 0 Å². The van der Waals surface area contributed by atoms with E-state index < -0.39 is 0 Å². The number of likely N-dealkylation sites (tertiary alicyclic amines) is 1. The smallest absolute Gasteiger partial charge is 0.225 e. The summed E-state index contributed by atoms with van der Waals surface area (Å²) in [5.74, 6) is 0.996. The summed E-state index contributed by atoms with van der Waals surface area (Å²) in [6.07, 6.45) is 4.78. The van der Waals surface area contributed by atoms with Crippen molar-refractivity contribution in [3.63, 3.8) is 0 Å². The molecule has 1 saturated carbocycles. The molecular weight excluding hydrogens is 276 g/mol. The van der Waals surface area contributed by atoms with Crippen LogP contribution < -0.4 is 5.32 Å². The molecule has 0 spiro atoms. The van der Waals surface area contributed by atoms with Crippen molar-refractivity contribution >= 4 is 11.8 Å². The number of nitrogens with zero attached hydrogens (tertiary/aromatic N) is 1. The van der Waals surface area contributed by atoms with E-state index in [1.807, 2.05) is 35.2 Å². The second-order valence-electron chi connectivity index (χ2n) is 6.53. The maximum absolute atomic E-state index is 12.2. The molecule has 0 radical (unpaired) electrons. The predicted molar refractivity (Wildman–Crippen MR) is 84.9 cm³/mol. The summed E-state index contributed by atoms with van der Waals surface area (Å²) in [5.41, 5.74) is 1.11. The average Bonchev–Trinajstić information content (AvgIpc) is 2.93. The maximum atomic E-state index is 12.2. The maximum Gasteiger partial charge on any atom is 0.225 e. The highest BCUT2D eigenvalue weighted by atomic mass is 16.2. The van der Waals surface area contributed by atoms with Gasteiger partial charge in [0.2, 0.25) is 11.8 Å². The number of carbonyl (C=O) groups excluding carboxylic acids is 2. The van der Waals surface area contributed by atoms with E-state index in [-0.39, 0.29) is 11.8 Å². The summed E-state index contributed by atoms with van der Waals surface area (Å²) in [4.78, 5) is 26.2. The van der Waals surface area contributed by atoms with Gasteiger partial charge < -0.3 is 10.2 Å². The normalized spacial score (nSPS) is 21.5. The Balaban J connectivity index is 1.40. The zero-order valence-electron chi connectivity index (χ0n) is 13.0. The molecule has 0 bridgehead atoms. The lowest BCUT2D eigenvalue weighted by Gasteiger charge is -2.29. The molecule has 1 atom stereocenters. The Hall–Kier alpha value is -1.84. The minimum Gasteiger partial charge on any atom is -0.352 e. The van der Waals surface area contributed by atoms with Gasteiger partial charge in [0.15, 0.2) is 0 Å². The van der Waals surface area contributed by atoms with Crippen molar-refractivity contribution in [1.82, 2.24) is 10.2 Å². The second-order valence-corrected chi connectivity index (χ2v) is 6.53. The molecule has 2 aliphatic rings. The Kier molecular flexibility index (Phi) is 4.76. The van der Waals surface area contributed by atoms with E-state index in [9.17, 15) is 9.59 Å². The van der Waals surface area contributed by atoms with Crippen molar-refractivity contribution in [1.29, 1.82) is 0 Å². The van der Waals surface area contributed by atoms with Gasteiger partial charge in [0.25, 0.3) is 0 Å². The average molecular weight is 300 g/mol. The van der Waals surface area contributed by atoms with Crippen molar-refractivity contribution in [2.45, 2.75) is 38.6 Å². The van der Waals surface area contributed by atoms with Crippen LogP contribution in [0.15, 0.2) is 30.3 Å². The Morgan fingerprint density at radius 3 is 2.59 bits per heavy atom. The third-order valence-corrected chi connectivity index (χ3v) is 4.86. The minimum absolute atomic E-state index is 0.0896. The largest absolute Gasteiger partial charge is 0.352 e. The van der Waals surface area contributed by atoms with Gasteiger partial charge in [0.05, 0.1) is 0 Å². The zero-order valence-corrected chi connectivity index (χ0v) is 13.0. The zero-order chi connectivity index (χ0) is 15.4. The van der Waals surface area contributed by atoms with Crippen molar-refractivity contribution in [3.05, 3.63) is 35.9 Å². The Bertz CT molecular complexity index is 525. The molecule has 4 nitrogen and oxygen atoms in total. The fraction of sp³-hybridized carbons (Fsp3) is 0.556. The first kappa shape index (κ1) is 15.1. The SMILES string of the molecule is O=C(CC1CCN(C(=O)C2CCC2)C1)NCc1ccccc1. The van der Waals surface area contributed by atoms with Crippen LogP contribution in [0.4, 0.5) is 0 Å². The number of carbonyl (C=O) groups is 2. The first-order chi connectivity index (χ1) is 10.7. The summed E-state index contributed by atoms with van der Waals surface area (Å²) in [6, 6.07) is 9.94. The highest BCUT2D eigenvalue weighted by molar-refractivity contribution is 5.80. The number of amides is 2. The minimum atomic E-state index is 0.0896. The lowest BCUT2D eigenvalue weighted by Crippen LogP contribution is -2.37. The third kappa shape index (κ3) is 3.67. The molecule has 1 aliphatic carbocycles. The van der Waals surface area contributed by atoms with Gasteiger partial charge in [-0.15, -0.1) is 0 Å². The molecule has 1 aliphatic heterocycles. The summed E-state index contributed by atoms with van der Waals surface area (Å²) >= 11 is 0. The molecule has 1 N–H and O–H groups in total. The Labute approximate surface area is 131 Å². The second kappa shape index (κ2) is 6.95. The highest BCUT2D eigenvalue weighted by Gasteiger charge is 2.34. The van der Waals surface area contributed by atoms with Gasteiger partial charge in [-0.2, -0.15) is 0 Å². The monoisotopic (exact) mass is 300 g/mol. The van der Waals surface area contributed by atoms with Crippen LogP contribution in [0.25, 0.3) is 0 Å². The molecule has 1 saturated heterocycles. The molecular formula is C18H24N2O2. The van der Waals surface area contributed by atoms with Crippen molar-refractivity contribution in [2.24, 2.45) is 11.8 Å². The molecule has 0 aromatic heterocycles. The third-order valence-electron chi connectivity index (χ3n) is 4.86. The molecule has 1 unspecified atom stereocenters. The van der Waals surface area contributed by atoms with Gasteiger partial charge >= 0.3 is 0 Å². The number of hydrogen-bond acceptors (Lipinski definition) is 2. The molecule has 4 heteroatoms. The van der Waals surface area contributed by atoms with E-state index in [0.29, 0.717) is 24.8 Å². The van der Waals surface area contributed by atoms with E-state index in [0.717, 1.165) is 37.9 Å². The number of hydrogen-bond donors (Lipinski definition) is 1. The number of nitrogens with one attached hydrogen (secondary N) is 1. The van der Waals surface area contributed by atoms with Gasteiger partial charge in [-0.05, 0) is 30.7 Å². The van der Waals surface area contributed by atoms with E-state index >= 15 is 0 Å². The molecule has 1 aromatic carbocycles. The van der Waals surface area contributed by atoms with Gasteiger partial charge in [0, 0.05) is 32.0 Å². The van der Waals surface area contributed by atoms with E-state index in [1.54, 1.807) is 0 Å². The quantitative estimate of drug-likeness (QED) is 0.907. The molecule has 118 valence electrons. The predicted octanol–water partition coefficient (Wildman–Crippen LogP) is 2.34. The number of benzene rings is 1. The van der Waals surface area contributed by atoms with Crippen LogP contribution >= 0.6 is 0 Å². The van der Waals surface area contributed by atoms with Crippen LogP contribution in [0.5, 0.6) is 0 Å². The summed E-state index contributed by atoms with van der Waals surface area (Å²) in [5, 5.41) is 2.97. The molecule has 2 fully saturated rings. The van der Waals surface area contributed by atoms with E-state index in [4.69, 9.17) is 0 Å². The van der Waals surface area contributed by atoms with Crippen LogP contribution in [0.2, 0.25) is 0 Å². The first-order valence-corrected chi connectivity index (χ1v) is 8.32. The van der Waals surface area contributed by atoms with E-state index in [1.165, 1.54) is 6.42 Å². The Morgan fingerprint density at radius 2 is 1.91 bits per heavy atom. The van der Waals surface area contributed by atoms with Crippen LogP contribution in [-0.2, 0) is 16.1 Å². The van der Waals surface area contributed by atoms with Crippen LogP contribution in [0, 0.1) is 11.8 Å². The van der Waals surface area contributed by atoms with Crippen molar-refractivity contribution in [3.8, 4) is 0 Å². The highest BCUT2D eigenvalue weighted by Crippen LogP contribution is 2.30. The van der Waals surface area contributed by atoms with Crippen molar-refractivity contribution in [2.75, 3.05) is 13.1 Å². The topological polar surface area (TPSA) is 49.4 Å². The molecule has 22 heavy (non-hydrogen) atoms. The fourth-order valence-electron chi connectivity index (χ4n) is 3.24. The standard InChI is InChI=1S/C18H24N2O2/c21-17(19-12-14-5-2-1-3-6-14)11-15-9-10-20(13-15)18(22)16-7-4-8-16/h1-3,5-6,15-16H,4,7-13H2,(H,19,21). The summed E-state index contributed by atoms with van der Waals surface area (Å²) in [7, 11) is 0. The summed E-state index contributed by atoms with van der Waals surface area (Å²) in [6.45, 7) is 2.16. The first-order valence-electron chi connectivity index (χ1n) is 8.32. The molecule has 3 rings (SSSR count).